The fourth-order valence-corrected chi connectivity index (χ4v) is 1.08. The number of pyridine rings is 1. The molecule has 7 heteroatoms. The van der Waals surface area contributed by atoms with Crippen LogP contribution in [0.5, 0.6) is 0 Å². The van der Waals surface area contributed by atoms with Crippen LogP contribution >= 0.6 is 0 Å². The Morgan fingerprint density at radius 3 is 2.94 bits per heavy atom. The quantitative estimate of drug-likeness (QED) is 0.535. The van der Waals surface area contributed by atoms with Crippen molar-refractivity contribution < 1.29 is 9.50 Å². The summed E-state index contributed by atoms with van der Waals surface area (Å²) < 4.78 is 11.2. The molecule has 0 saturated heterocycles. The van der Waals surface area contributed by atoms with Crippen molar-refractivity contribution in [3.05, 3.63) is 34.2 Å². The van der Waals surface area contributed by atoms with Gasteiger partial charge < -0.3 is 0 Å². The van der Waals surface area contributed by atoms with E-state index in [-0.39, 0.29) is 17.6 Å². The number of aryl methyl sites for hydroxylation is 1. The van der Waals surface area contributed by atoms with Gasteiger partial charge in [-0.15, -0.1) is 0 Å². The molecule has 1 amide bonds. The monoisotopic (exact) mass is 219 g/mol. The second-order valence-electron chi connectivity index (χ2n) is 3.22. The van der Waals surface area contributed by atoms with Gasteiger partial charge in [0.05, 0.1) is 0 Å². The van der Waals surface area contributed by atoms with Crippen molar-refractivity contribution in [2.24, 2.45) is 0 Å². The maximum absolute atomic E-state index is 11.5. The molecule has 6 nitrogen and oxygen atoms in total. The third kappa shape index (κ3) is 2.98. The first-order valence-electron chi connectivity index (χ1n) is 4.55. The van der Waals surface area contributed by atoms with E-state index in [2.05, 4.69) is 5.43 Å². The van der Waals surface area contributed by atoms with Gasteiger partial charge >= 0.3 is 91.3 Å². The summed E-state index contributed by atoms with van der Waals surface area (Å²) in [6.07, 6.45) is 1.06. The van der Waals surface area contributed by atoms with Crippen molar-refractivity contribution in [3.63, 3.8) is 0 Å². The molecule has 82 valence electrons. The van der Waals surface area contributed by atoms with Crippen molar-refractivity contribution in [3.8, 4) is 0 Å². The van der Waals surface area contributed by atoms with Crippen LogP contribution in [-0.4, -0.2) is 23.3 Å². The molecule has 1 heterocycles. The van der Waals surface area contributed by atoms with E-state index in [1.807, 2.05) is 0 Å². The summed E-state index contributed by atoms with van der Waals surface area (Å²) in [6.45, 7) is 1.62. The number of amides is 1. The molecule has 2 N–H and O–H groups in total. The SMILES string of the molecule is Cc1cccn(NC(=O)CC(=N)B=O)c1=O. The minimum absolute atomic E-state index is 0.290. The van der Waals surface area contributed by atoms with Crippen molar-refractivity contribution in [1.82, 2.24) is 4.68 Å². The zero-order chi connectivity index (χ0) is 12.1. The van der Waals surface area contributed by atoms with E-state index in [4.69, 9.17) is 5.41 Å². The van der Waals surface area contributed by atoms with Gasteiger partial charge in [0.1, 0.15) is 0 Å². The van der Waals surface area contributed by atoms with Gasteiger partial charge in [0, 0.05) is 0 Å². The topological polar surface area (TPSA) is 92.0 Å². The van der Waals surface area contributed by atoms with Gasteiger partial charge in [-0.2, -0.15) is 0 Å². The molecule has 0 saturated carbocycles. The number of hydrogen-bond acceptors (Lipinski definition) is 4. The van der Waals surface area contributed by atoms with Gasteiger partial charge in [0.2, 0.25) is 0 Å². The Labute approximate surface area is 92.0 Å². The molecule has 0 aliphatic carbocycles. The fraction of sp³-hybridized carbons (Fsp3) is 0.222. The molecule has 0 unspecified atom stereocenters. The molecule has 0 spiro atoms. The van der Waals surface area contributed by atoms with Crippen LogP contribution < -0.4 is 11.0 Å². The normalized spacial score (nSPS) is 9.31. The number of carbonyl (C=O) groups excluding carboxylic acids is 1. The Morgan fingerprint density at radius 1 is 1.62 bits per heavy atom. The molecule has 0 aliphatic rings. The molecule has 0 bridgehead atoms. The first kappa shape index (κ1) is 12.0. The molecule has 1 aromatic heterocycles. The van der Waals surface area contributed by atoms with Crippen molar-refractivity contribution in [2.45, 2.75) is 13.3 Å². The molecule has 0 fully saturated rings. The Balaban J connectivity index is 2.78. The van der Waals surface area contributed by atoms with Crippen LogP contribution in [0.15, 0.2) is 23.1 Å². The molecule has 1 rings (SSSR count). The van der Waals surface area contributed by atoms with Crippen LogP contribution in [0.25, 0.3) is 0 Å². The van der Waals surface area contributed by atoms with E-state index in [1.165, 1.54) is 6.20 Å². The van der Waals surface area contributed by atoms with Crippen LogP contribution in [0.1, 0.15) is 12.0 Å². The first-order chi connectivity index (χ1) is 7.54. The molecule has 0 aliphatic heterocycles. The summed E-state index contributed by atoms with van der Waals surface area (Å²) in [4.78, 5) is 22.8. The minimum atomic E-state index is -0.579. The van der Waals surface area contributed by atoms with Crippen LogP contribution in [0.3, 0.4) is 0 Å². The maximum atomic E-state index is 11.5. The van der Waals surface area contributed by atoms with Crippen LogP contribution in [0.4, 0.5) is 0 Å². The predicted octanol–water partition coefficient (Wildman–Crippen LogP) is -0.356. The number of nitrogens with zero attached hydrogens (tertiary/aromatic N) is 1. The Bertz CT molecular complexity index is 495. The second-order valence-corrected chi connectivity index (χ2v) is 3.22. The van der Waals surface area contributed by atoms with E-state index in [0.717, 1.165) is 4.68 Å². The number of nitrogens with one attached hydrogen (secondary N) is 2. The Kier molecular flexibility index (Phi) is 3.87. The van der Waals surface area contributed by atoms with Gasteiger partial charge in [-0.3, -0.25) is 0 Å². The van der Waals surface area contributed by atoms with Crippen LogP contribution in [0.2, 0.25) is 0 Å². The van der Waals surface area contributed by atoms with E-state index in [9.17, 15) is 14.3 Å². The summed E-state index contributed by atoms with van der Waals surface area (Å²) in [5.41, 5.74) is 2.10. The van der Waals surface area contributed by atoms with E-state index >= 15 is 0 Å². The van der Waals surface area contributed by atoms with Gasteiger partial charge in [0.15, 0.2) is 0 Å². The van der Waals surface area contributed by atoms with Gasteiger partial charge in [-0.05, 0) is 0 Å². The number of rotatable bonds is 4. The summed E-state index contributed by atoms with van der Waals surface area (Å²) in [7, 11) is 0.290. The zero-order valence-corrected chi connectivity index (χ0v) is 8.69. The molecule has 0 radical (unpaired) electrons. The second kappa shape index (κ2) is 5.15. The summed E-state index contributed by atoms with van der Waals surface area (Å²) in [5.74, 6) is -0.579. The van der Waals surface area contributed by atoms with Gasteiger partial charge in [0.25, 0.3) is 0 Å². The van der Waals surface area contributed by atoms with Crippen LogP contribution in [0, 0.1) is 12.3 Å². The molecule has 16 heavy (non-hydrogen) atoms. The van der Waals surface area contributed by atoms with Gasteiger partial charge in [-0.1, -0.05) is 0 Å². The average Bonchev–Trinajstić information content (AvgIpc) is 2.24. The summed E-state index contributed by atoms with van der Waals surface area (Å²) in [5, 5.41) is 7.01. The Morgan fingerprint density at radius 2 is 2.31 bits per heavy atom. The number of carbonyl (C=O) groups is 1. The third-order valence-corrected chi connectivity index (χ3v) is 1.88. The summed E-state index contributed by atoms with van der Waals surface area (Å²) in [6, 6.07) is 3.24. The third-order valence-electron chi connectivity index (χ3n) is 1.88. The van der Waals surface area contributed by atoms with Crippen molar-refractivity contribution >= 4 is 18.7 Å². The Hall–Kier alpha value is -2.05. The number of hydrogen-bond donors (Lipinski definition) is 2. The van der Waals surface area contributed by atoms with E-state index in [0.29, 0.717) is 12.7 Å². The molecule has 0 aromatic carbocycles. The fourth-order valence-electron chi connectivity index (χ4n) is 1.08. The van der Waals surface area contributed by atoms with Gasteiger partial charge in [-0.25, -0.2) is 0 Å². The molecular weight excluding hydrogens is 209 g/mol. The standard InChI is InChI=1S/C9H10BN3O3/c1-6-3-2-4-13(9(6)15)12-8(14)5-7(11)10-16/h2-4,11H,5H2,1H3,(H,12,14). The van der Waals surface area contributed by atoms with Crippen molar-refractivity contribution in [1.29, 1.82) is 5.41 Å². The predicted molar refractivity (Wildman–Crippen MR) is 58.6 cm³/mol. The van der Waals surface area contributed by atoms with Crippen molar-refractivity contribution in [2.75, 3.05) is 5.43 Å². The number of aromatic nitrogens is 1. The molecular formula is C9H10BN3O3. The average molecular weight is 219 g/mol. The van der Waals surface area contributed by atoms with E-state index in [1.54, 1.807) is 19.1 Å². The molecule has 1 aromatic rings. The first-order valence-corrected chi connectivity index (χ1v) is 4.55. The zero-order valence-electron chi connectivity index (χ0n) is 8.69. The van der Waals surface area contributed by atoms with Crippen LogP contribution in [-0.2, 0) is 9.50 Å². The molecule has 0 atom stereocenters. The van der Waals surface area contributed by atoms with E-state index < -0.39 is 5.91 Å². The summed E-state index contributed by atoms with van der Waals surface area (Å²) >= 11 is 0.